The van der Waals surface area contributed by atoms with Crippen LogP contribution in [-0.4, -0.2) is 4.98 Å². The molecule has 0 aliphatic rings. The minimum Gasteiger partial charge on any atom is -0.468 e. The maximum absolute atomic E-state index is 5.39. The number of benzene rings is 1. The quantitative estimate of drug-likeness (QED) is 0.731. The van der Waals surface area contributed by atoms with Gasteiger partial charge in [-0.3, -0.25) is 0 Å². The first-order chi connectivity index (χ1) is 8.84. The Morgan fingerprint density at radius 1 is 1.22 bits per heavy atom. The molecule has 2 aromatic heterocycles. The van der Waals surface area contributed by atoms with Crippen molar-refractivity contribution in [2.45, 2.75) is 19.5 Å². The van der Waals surface area contributed by atoms with Crippen molar-refractivity contribution in [1.29, 1.82) is 0 Å². The van der Waals surface area contributed by atoms with Gasteiger partial charge in [0.15, 0.2) is 0 Å². The SMILES string of the molecule is C[C@H](NCc1cccc2[nH]ccc12)c1ccco1. The van der Waals surface area contributed by atoms with Gasteiger partial charge in [0, 0.05) is 23.6 Å². The van der Waals surface area contributed by atoms with E-state index in [1.807, 2.05) is 18.3 Å². The van der Waals surface area contributed by atoms with E-state index in [1.165, 1.54) is 16.5 Å². The van der Waals surface area contributed by atoms with Gasteiger partial charge < -0.3 is 14.7 Å². The van der Waals surface area contributed by atoms with Crippen molar-refractivity contribution in [2.24, 2.45) is 0 Å². The molecule has 0 saturated heterocycles. The predicted molar refractivity (Wildman–Crippen MR) is 72.3 cm³/mol. The van der Waals surface area contributed by atoms with Crippen LogP contribution in [0.1, 0.15) is 24.3 Å². The van der Waals surface area contributed by atoms with Gasteiger partial charge in [-0.05, 0) is 36.8 Å². The van der Waals surface area contributed by atoms with Gasteiger partial charge in [0.2, 0.25) is 0 Å². The van der Waals surface area contributed by atoms with E-state index in [-0.39, 0.29) is 6.04 Å². The fourth-order valence-electron chi connectivity index (χ4n) is 2.21. The summed E-state index contributed by atoms with van der Waals surface area (Å²) >= 11 is 0. The van der Waals surface area contributed by atoms with Crippen LogP contribution in [0.15, 0.2) is 53.3 Å². The van der Waals surface area contributed by atoms with Gasteiger partial charge in [-0.1, -0.05) is 12.1 Å². The maximum Gasteiger partial charge on any atom is 0.120 e. The third-order valence-electron chi connectivity index (χ3n) is 3.25. The lowest BCUT2D eigenvalue weighted by atomic mass is 10.1. The molecule has 2 heterocycles. The lowest BCUT2D eigenvalue weighted by Crippen LogP contribution is -2.17. The molecule has 0 saturated carbocycles. The van der Waals surface area contributed by atoms with Crippen LogP contribution in [0.4, 0.5) is 0 Å². The summed E-state index contributed by atoms with van der Waals surface area (Å²) in [6.07, 6.45) is 3.69. The van der Waals surface area contributed by atoms with Crippen molar-refractivity contribution in [3.8, 4) is 0 Å². The van der Waals surface area contributed by atoms with E-state index < -0.39 is 0 Å². The Balaban J connectivity index is 1.75. The van der Waals surface area contributed by atoms with Crippen LogP contribution in [0.25, 0.3) is 10.9 Å². The Morgan fingerprint density at radius 2 is 2.17 bits per heavy atom. The summed E-state index contributed by atoms with van der Waals surface area (Å²) in [5.41, 5.74) is 2.48. The lowest BCUT2D eigenvalue weighted by Gasteiger charge is -2.11. The van der Waals surface area contributed by atoms with Gasteiger partial charge in [-0.25, -0.2) is 0 Å². The van der Waals surface area contributed by atoms with Crippen molar-refractivity contribution < 1.29 is 4.42 Å². The first-order valence-electron chi connectivity index (χ1n) is 6.16. The summed E-state index contributed by atoms with van der Waals surface area (Å²) in [7, 11) is 0. The Hall–Kier alpha value is -2.00. The second-order valence-corrected chi connectivity index (χ2v) is 4.47. The molecule has 3 aromatic rings. The van der Waals surface area contributed by atoms with E-state index in [4.69, 9.17) is 4.42 Å². The molecule has 2 N–H and O–H groups in total. The zero-order valence-electron chi connectivity index (χ0n) is 10.3. The molecule has 0 aliphatic carbocycles. The first kappa shape index (κ1) is 11.1. The number of nitrogens with one attached hydrogen (secondary N) is 2. The van der Waals surface area contributed by atoms with Crippen molar-refractivity contribution in [1.82, 2.24) is 10.3 Å². The van der Waals surface area contributed by atoms with Gasteiger partial charge >= 0.3 is 0 Å². The molecule has 3 nitrogen and oxygen atoms in total. The molecule has 0 radical (unpaired) electrons. The smallest absolute Gasteiger partial charge is 0.120 e. The van der Waals surface area contributed by atoms with E-state index in [0.717, 1.165) is 12.3 Å². The normalized spacial score (nSPS) is 12.9. The van der Waals surface area contributed by atoms with Crippen LogP contribution >= 0.6 is 0 Å². The highest BCUT2D eigenvalue weighted by molar-refractivity contribution is 5.82. The first-order valence-corrected chi connectivity index (χ1v) is 6.16. The number of aromatic amines is 1. The topological polar surface area (TPSA) is 41.0 Å². The van der Waals surface area contributed by atoms with Crippen LogP contribution in [0, 0.1) is 0 Å². The molecule has 0 spiro atoms. The highest BCUT2D eigenvalue weighted by Crippen LogP contribution is 2.19. The molecule has 0 unspecified atom stereocenters. The van der Waals surface area contributed by atoms with Crippen LogP contribution in [0.3, 0.4) is 0 Å². The Morgan fingerprint density at radius 3 is 3.00 bits per heavy atom. The van der Waals surface area contributed by atoms with E-state index in [9.17, 15) is 0 Å². The molecular weight excluding hydrogens is 224 g/mol. The van der Waals surface area contributed by atoms with Gasteiger partial charge in [0.25, 0.3) is 0 Å². The Labute approximate surface area is 106 Å². The minimum atomic E-state index is 0.217. The molecule has 18 heavy (non-hydrogen) atoms. The van der Waals surface area contributed by atoms with E-state index >= 15 is 0 Å². The number of aromatic nitrogens is 1. The maximum atomic E-state index is 5.39. The zero-order valence-corrected chi connectivity index (χ0v) is 10.3. The molecule has 1 aromatic carbocycles. The fourth-order valence-corrected chi connectivity index (χ4v) is 2.21. The van der Waals surface area contributed by atoms with Crippen LogP contribution in [0.2, 0.25) is 0 Å². The number of hydrogen-bond acceptors (Lipinski definition) is 2. The van der Waals surface area contributed by atoms with Crippen molar-refractivity contribution >= 4 is 10.9 Å². The summed E-state index contributed by atoms with van der Waals surface area (Å²) in [6.45, 7) is 2.94. The van der Waals surface area contributed by atoms with Crippen molar-refractivity contribution in [3.05, 3.63) is 60.2 Å². The minimum absolute atomic E-state index is 0.217. The van der Waals surface area contributed by atoms with E-state index in [2.05, 4.69) is 41.5 Å². The molecule has 0 amide bonds. The molecule has 0 fully saturated rings. The summed E-state index contributed by atoms with van der Waals surface area (Å²) in [4.78, 5) is 3.23. The fraction of sp³-hybridized carbons (Fsp3) is 0.200. The van der Waals surface area contributed by atoms with E-state index in [1.54, 1.807) is 6.26 Å². The molecule has 92 valence electrons. The number of H-pyrrole nitrogens is 1. The summed E-state index contributed by atoms with van der Waals surface area (Å²) < 4.78 is 5.39. The van der Waals surface area contributed by atoms with Crippen molar-refractivity contribution in [2.75, 3.05) is 0 Å². The highest BCUT2D eigenvalue weighted by atomic mass is 16.3. The Bertz CT molecular complexity index is 625. The molecule has 3 heteroatoms. The number of fused-ring (bicyclic) bond motifs is 1. The summed E-state index contributed by atoms with van der Waals surface area (Å²) in [6, 6.07) is 12.6. The standard InChI is InChI=1S/C15H16N2O/c1-11(15-6-3-9-18-15)17-10-12-4-2-5-14-13(12)7-8-16-14/h2-9,11,16-17H,10H2,1H3/t11-/m0/s1. The summed E-state index contributed by atoms with van der Waals surface area (Å²) in [5, 5.41) is 4.75. The third-order valence-corrected chi connectivity index (χ3v) is 3.25. The van der Waals surface area contributed by atoms with Crippen LogP contribution < -0.4 is 5.32 Å². The Kier molecular flexibility index (Phi) is 2.90. The average molecular weight is 240 g/mol. The van der Waals surface area contributed by atoms with Crippen molar-refractivity contribution in [3.63, 3.8) is 0 Å². The van der Waals surface area contributed by atoms with Gasteiger partial charge in [-0.2, -0.15) is 0 Å². The molecular formula is C15H16N2O. The molecule has 3 rings (SSSR count). The number of furan rings is 1. The summed E-state index contributed by atoms with van der Waals surface area (Å²) in [5.74, 6) is 0.969. The van der Waals surface area contributed by atoms with Gasteiger partial charge in [0.1, 0.15) is 5.76 Å². The number of hydrogen-bond donors (Lipinski definition) is 2. The lowest BCUT2D eigenvalue weighted by molar-refractivity contribution is 0.430. The van der Waals surface area contributed by atoms with Crippen LogP contribution in [0.5, 0.6) is 0 Å². The third kappa shape index (κ3) is 2.05. The number of rotatable bonds is 4. The highest BCUT2D eigenvalue weighted by Gasteiger charge is 2.08. The van der Waals surface area contributed by atoms with E-state index in [0.29, 0.717) is 0 Å². The predicted octanol–water partition coefficient (Wildman–Crippen LogP) is 3.61. The molecule has 0 bridgehead atoms. The largest absolute Gasteiger partial charge is 0.468 e. The average Bonchev–Trinajstić information content (AvgIpc) is 3.05. The molecule has 0 aliphatic heterocycles. The second-order valence-electron chi connectivity index (χ2n) is 4.47. The second kappa shape index (κ2) is 4.70. The van der Waals surface area contributed by atoms with Crippen LogP contribution in [-0.2, 0) is 6.54 Å². The van der Waals surface area contributed by atoms with Gasteiger partial charge in [0.05, 0.1) is 12.3 Å². The van der Waals surface area contributed by atoms with Gasteiger partial charge in [-0.15, -0.1) is 0 Å². The monoisotopic (exact) mass is 240 g/mol. The zero-order chi connectivity index (χ0) is 12.4. The molecule has 1 atom stereocenters.